The van der Waals surface area contributed by atoms with Crippen LogP contribution in [0.1, 0.15) is 0 Å². The molecule has 0 aromatic carbocycles. The van der Waals surface area contributed by atoms with Crippen LogP contribution in [0, 0.1) is 0 Å². The summed E-state index contributed by atoms with van der Waals surface area (Å²) in [5.41, 5.74) is 0. The summed E-state index contributed by atoms with van der Waals surface area (Å²) in [5, 5.41) is 0.771. The minimum atomic E-state index is -1.04. The molecular weight excluding hydrogens is 191 g/mol. The van der Waals surface area contributed by atoms with Gasteiger partial charge in [0.25, 0.3) is 0 Å². The molecule has 0 aliphatic carbocycles. The smallest absolute Gasteiger partial charge is 0.0591 e. The van der Waals surface area contributed by atoms with Crippen molar-refractivity contribution in [3.63, 3.8) is 0 Å². The van der Waals surface area contributed by atoms with Gasteiger partial charge in [-0.3, -0.25) is 4.21 Å². The number of halogens is 2. The number of hydrogen-bond donors (Lipinski definition) is 0. The molecule has 1 nitrogen and oxygen atoms in total. The quantitative estimate of drug-likeness (QED) is 0.678. The lowest BCUT2D eigenvalue weighted by Gasteiger charge is -1.96. The maximum atomic E-state index is 10.9. The van der Waals surface area contributed by atoms with Crippen LogP contribution in [-0.2, 0) is 10.8 Å². The Morgan fingerprint density at radius 3 is 1.70 bits per heavy atom. The van der Waals surface area contributed by atoms with E-state index in [4.69, 9.17) is 23.2 Å². The Kier molecular flexibility index (Phi) is 5.04. The molecule has 0 bridgehead atoms. The van der Waals surface area contributed by atoms with Crippen molar-refractivity contribution in [3.8, 4) is 0 Å². The van der Waals surface area contributed by atoms with Crippen LogP contribution >= 0.6 is 23.2 Å². The monoisotopic (exact) mass is 198 g/mol. The van der Waals surface area contributed by atoms with Crippen LogP contribution in [-0.4, -0.2) is 15.7 Å². The topological polar surface area (TPSA) is 17.1 Å². The zero-order valence-corrected chi connectivity index (χ0v) is 7.73. The van der Waals surface area contributed by atoms with Crippen molar-refractivity contribution in [2.75, 3.05) is 11.5 Å². The highest BCUT2D eigenvalue weighted by molar-refractivity contribution is 7.85. The maximum absolute atomic E-state index is 10.9. The van der Waals surface area contributed by atoms with Gasteiger partial charge >= 0.3 is 0 Å². The van der Waals surface area contributed by atoms with E-state index in [0.717, 1.165) is 0 Å². The molecule has 0 fully saturated rings. The Bertz CT molecular complexity index is 159. The van der Waals surface area contributed by atoms with Crippen LogP contribution in [0.15, 0.2) is 23.2 Å². The molecule has 0 atom stereocenters. The minimum absolute atomic E-state index is 0.285. The lowest BCUT2D eigenvalue weighted by Crippen LogP contribution is -2.01. The molecule has 58 valence electrons. The summed E-state index contributed by atoms with van der Waals surface area (Å²) in [4.78, 5) is 0. The van der Waals surface area contributed by atoms with Crippen LogP contribution in [0.3, 0.4) is 0 Å². The van der Waals surface area contributed by atoms with Gasteiger partial charge in [-0.15, -0.1) is 0 Å². The largest absolute Gasteiger partial charge is 0.259 e. The summed E-state index contributed by atoms with van der Waals surface area (Å²) >= 11 is 10.8. The van der Waals surface area contributed by atoms with Crippen molar-refractivity contribution in [2.45, 2.75) is 0 Å². The van der Waals surface area contributed by atoms with Gasteiger partial charge in [0.15, 0.2) is 0 Å². The van der Waals surface area contributed by atoms with E-state index in [0.29, 0.717) is 10.1 Å². The third-order valence-electron chi connectivity index (χ3n) is 0.635. The molecule has 0 aliphatic rings. The lowest BCUT2D eigenvalue weighted by atomic mass is 10.7. The average molecular weight is 199 g/mol. The first-order valence-electron chi connectivity index (χ1n) is 2.54. The predicted molar refractivity (Wildman–Crippen MR) is 47.9 cm³/mol. The Labute approximate surface area is 73.2 Å². The molecule has 0 radical (unpaired) electrons. The van der Waals surface area contributed by atoms with Crippen LogP contribution in [0.5, 0.6) is 0 Å². The molecule has 0 amide bonds. The SMILES string of the molecule is C=C(Cl)CS(=O)CC(=C)Cl. The van der Waals surface area contributed by atoms with E-state index < -0.39 is 10.8 Å². The standard InChI is InChI=1S/C6H8Cl2OS/c1-5(7)3-10(9)4-6(2)8/h1-4H2. The van der Waals surface area contributed by atoms with Gasteiger partial charge in [-0.25, -0.2) is 0 Å². The molecule has 0 N–H and O–H groups in total. The molecule has 4 heteroatoms. The van der Waals surface area contributed by atoms with Gasteiger partial charge in [0.05, 0.1) is 11.5 Å². The Morgan fingerprint density at radius 2 is 1.50 bits per heavy atom. The summed E-state index contributed by atoms with van der Waals surface area (Å²) in [6.45, 7) is 6.80. The van der Waals surface area contributed by atoms with Crippen LogP contribution in [0.2, 0.25) is 0 Å². The van der Waals surface area contributed by atoms with Crippen molar-refractivity contribution >= 4 is 34.0 Å². The Balaban J connectivity index is 3.65. The van der Waals surface area contributed by atoms with Gasteiger partial charge in [-0.1, -0.05) is 36.4 Å². The first kappa shape index (κ1) is 10.2. The lowest BCUT2D eigenvalue weighted by molar-refractivity contribution is 0.686. The van der Waals surface area contributed by atoms with E-state index >= 15 is 0 Å². The molecule has 0 aliphatic heterocycles. The molecule has 0 rings (SSSR count). The second-order valence-corrected chi connectivity index (χ2v) is 4.29. The third-order valence-corrected chi connectivity index (χ3v) is 2.56. The van der Waals surface area contributed by atoms with Crippen molar-refractivity contribution < 1.29 is 4.21 Å². The maximum Gasteiger partial charge on any atom is 0.0591 e. The van der Waals surface area contributed by atoms with E-state index in [1.165, 1.54) is 0 Å². The van der Waals surface area contributed by atoms with E-state index in [2.05, 4.69) is 13.2 Å². The van der Waals surface area contributed by atoms with Crippen LogP contribution in [0.25, 0.3) is 0 Å². The van der Waals surface area contributed by atoms with E-state index in [1.54, 1.807) is 0 Å². The zero-order valence-electron chi connectivity index (χ0n) is 5.40. The molecule has 0 spiro atoms. The minimum Gasteiger partial charge on any atom is -0.259 e. The molecule has 0 saturated heterocycles. The van der Waals surface area contributed by atoms with Gasteiger partial charge in [0.1, 0.15) is 0 Å². The molecule has 0 saturated carbocycles. The summed E-state index contributed by atoms with van der Waals surface area (Å²) in [6.07, 6.45) is 0. The van der Waals surface area contributed by atoms with Gasteiger partial charge in [0.2, 0.25) is 0 Å². The van der Waals surface area contributed by atoms with Gasteiger partial charge in [-0.05, 0) is 0 Å². The average Bonchev–Trinajstić information content (AvgIpc) is 1.58. The highest BCUT2D eigenvalue weighted by Crippen LogP contribution is 2.04. The van der Waals surface area contributed by atoms with Crippen molar-refractivity contribution in [3.05, 3.63) is 23.2 Å². The fourth-order valence-corrected chi connectivity index (χ4v) is 1.93. The molecular formula is C6H8Cl2OS. The van der Waals surface area contributed by atoms with Gasteiger partial charge in [-0.2, -0.15) is 0 Å². The number of rotatable bonds is 4. The molecule has 0 aromatic rings. The van der Waals surface area contributed by atoms with Crippen LogP contribution in [0.4, 0.5) is 0 Å². The Hall–Kier alpha value is 0.210. The van der Waals surface area contributed by atoms with E-state index in [9.17, 15) is 4.21 Å². The van der Waals surface area contributed by atoms with Gasteiger partial charge < -0.3 is 0 Å². The highest BCUT2D eigenvalue weighted by atomic mass is 35.5. The molecule has 0 heterocycles. The summed E-state index contributed by atoms with van der Waals surface area (Å²) < 4.78 is 10.9. The zero-order chi connectivity index (χ0) is 8.15. The summed E-state index contributed by atoms with van der Waals surface area (Å²) in [5.74, 6) is 0.570. The van der Waals surface area contributed by atoms with Crippen molar-refractivity contribution in [1.29, 1.82) is 0 Å². The van der Waals surface area contributed by atoms with Crippen LogP contribution < -0.4 is 0 Å². The van der Waals surface area contributed by atoms with Gasteiger partial charge in [0, 0.05) is 20.9 Å². The third kappa shape index (κ3) is 6.33. The fraction of sp³-hybridized carbons (Fsp3) is 0.333. The van der Waals surface area contributed by atoms with E-state index in [1.807, 2.05) is 0 Å². The second-order valence-electron chi connectivity index (χ2n) is 1.76. The first-order valence-corrected chi connectivity index (χ1v) is 4.78. The number of hydrogen-bond acceptors (Lipinski definition) is 1. The molecule has 0 aromatic heterocycles. The summed E-state index contributed by atoms with van der Waals surface area (Å²) in [6, 6.07) is 0. The fourth-order valence-electron chi connectivity index (χ4n) is 0.400. The normalized spacial score (nSPS) is 9.90. The summed E-state index contributed by atoms with van der Waals surface area (Å²) in [7, 11) is -1.04. The van der Waals surface area contributed by atoms with Crippen molar-refractivity contribution in [1.82, 2.24) is 0 Å². The predicted octanol–water partition coefficient (Wildman–Crippen LogP) is 2.24. The molecule has 10 heavy (non-hydrogen) atoms. The second kappa shape index (κ2) is 4.94. The first-order chi connectivity index (χ1) is 4.52. The Morgan fingerprint density at radius 1 is 1.20 bits per heavy atom. The highest BCUT2D eigenvalue weighted by Gasteiger charge is 2.00. The van der Waals surface area contributed by atoms with Crippen molar-refractivity contribution in [2.24, 2.45) is 0 Å². The molecule has 0 unspecified atom stereocenters. The van der Waals surface area contributed by atoms with E-state index in [-0.39, 0.29) is 11.5 Å².